The fourth-order valence-corrected chi connectivity index (χ4v) is 3.70. The van der Waals surface area contributed by atoms with E-state index in [0.29, 0.717) is 6.21 Å². The van der Waals surface area contributed by atoms with Crippen LogP contribution in [0.5, 0.6) is 0 Å². The summed E-state index contributed by atoms with van der Waals surface area (Å²) in [6.07, 6.45) is -2.26. The number of carbonyl (C=O) groups excluding carboxylic acids is 3. The third kappa shape index (κ3) is 6.83. The van der Waals surface area contributed by atoms with E-state index >= 15 is 0 Å². The van der Waals surface area contributed by atoms with Gasteiger partial charge in [-0.3, -0.25) is 19.4 Å². The quantitative estimate of drug-likeness (QED) is 0.181. The number of nitrogens with zero attached hydrogens (tertiary/aromatic N) is 1. The van der Waals surface area contributed by atoms with Crippen LogP contribution >= 0.6 is 11.6 Å². The highest BCUT2D eigenvalue weighted by Gasteiger charge is 2.44. The molecular formula is C23H21ClF4N6O4. The first-order chi connectivity index (χ1) is 17.8. The monoisotopic (exact) mass is 556 g/mol. The SMILES string of the molecule is N=C/C(=C\C(N)=O)C(=O)N[C@@]1(C(=O)NCc2ncc(Nc3ccc(Cl)cc3C(F)(F)F)cc2F)CCOC1. The number of pyridine rings is 1. The molecule has 10 nitrogen and oxygen atoms in total. The van der Waals surface area contributed by atoms with Crippen molar-refractivity contribution < 1.29 is 36.7 Å². The van der Waals surface area contributed by atoms with Crippen molar-refractivity contribution in [2.24, 2.45) is 5.73 Å². The highest BCUT2D eigenvalue weighted by molar-refractivity contribution is 6.30. The number of halogens is 5. The summed E-state index contributed by atoms with van der Waals surface area (Å²) < 4.78 is 59.9. The van der Waals surface area contributed by atoms with Gasteiger partial charge in [0, 0.05) is 36.4 Å². The molecule has 0 bridgehead atoms. The number of ether oxygens (including phenoxy) is 1. The van der Waals surface area contributed by atoms with Crippen LogP contribution in [0.25, 0.3) is 0 Å². The van der Waals surface area contributed by atoms with Gasteiger partial charge in [0.05, 0.1) is 47.6 Å². The minimum atomic E-state index is -4.71. The van der Waals surface area contributed by atoms with Gasteiger partial charge in [0.2, 0.25) is 11.8 Å². The van der Waals surface area contributed by atoms with Gasteiger partial charge in [0.15, 0.2) is 0 Å². The van der Waals surface area contributed by atoms with E-state index in [0.717, 1.165) is 30.5 Å². The molecule has 1 aliphatic heterocycles. The lowest BCUT2D eigenvalue weighted by Gasteiger charge is -2.27. The number of nitrogens with two attached hydrogens (primary N) is 1. The maximum Gasteiger partial charge on any atom is 0.418 e. The van der Waals surface area contributed by atoms with Gasteiger partial charge in [-0.25, -0.2) is 4.39 Å². The highest BCUT2D eigenvalue weighted by atomic mass is 35.5. The van der Waals surface area contributed by atoms with Gasteiger partial charge in [0.1, 0.15) is 11.4 Å². The van der Waals surface area contributed by atoms with Gasteiger partial charge in [-0.15, -0.1) is 0 Å². The summed E-state index contributed by atoms with van der Waals surface area (Å²) in [6, 6.07) is 3.97. The molecule has 202 valence electrons. The molecule has 1 aromatic carbocycles. The van der Waals surface area contributed by atoms with Crippen molar-refractivity contribution in [3.05, 3.63) is 64.2 Å². The topological polar surface area (TPSA) is 159 Å². The summed E-state index contributed by atoms with van der Waals surface area (Å²) in [5, 5.41) is 14.5. The highest BCUT2D eigenvalue weighted by Crippen LogP contribution is 2.37. The molecule has 38 heavy (non-hydrogen) atoms. The Morgan fingerprint density at radius 3 is 2.58 bits per heavy atom. The predicted molar refractivity (Wildman–Crippen MR) is 128 cm³/mol. The van der Waals surface area contributed by atoms with Crippen molar-refractivity contribution in [3.8, 4) is 0 Å². The molecule has 1 aliphatic rings. The molecular weight excluding hydrogens is 536 g/mol. The molecule has 1 aromatic heterocycles. The summed E-state index contributed by atoms with van der Waals surface area (Å²) in [5.41, 5.74) is 1.33. The number of rotatable bonds is 9. The van der Waals surface area contributed by atoms with Gasteiger partial charge in [-0.05, 0) is 18.2 Å². The van der Waals surface area contributed by atoms with Gasteiger partial charge < -0.3 is 31.8 Å². The van der Waals surface area contributed by atoms with Gasteiger partial charge in [-0.1, -0.05) is 11.6 Å². The van der Waals surface area contributed by atoms with E-state index in [4.69, 9.17) is 27.5 Å². The lowest BCUT2D eigenvalue weighted by molar-refractivity contribution is -0.137. The molecule has 1 fully saturated rings. The lowest BCUT2D eigenvalue weighted by atomic mass is 9.96. The zero-order chi connectivity index (χ0) is 28.1. The van der Waals surface area contributed by atoms with E-state index in [1.807, 2.05) is 0 Å². The maximum atomic E-state index is 14.7. The maximum absolute atomic E-state index is 14.7. The summed E-state index contributed by atoms with van der Waals surface area (Å²) in [7, 11) is 0. The molecule has 2 heterocycles. The zero-order valence-electron chi connectivity index (χ0n) is 19.4. The third-order valence-electron chi connectivity index (χ3n) is 5.42. The molecule has 0 aliphatic carbocycles. The normalized spacial score (nSPS) is 17.6. The minimum absolute atomic E-state index is 0.0494. The molecule has 1 saturated heterocycles. The van der Waals surface area contributed by atoms with Crippen LogP contribution in [0.3, 0.4) is 0 Å². The van der Waals surface area contributed by atoms with Gasteiger partial charge >= 0.3 is 6.18 Å². The van der Waals surface area contributed by atoms with Crippen LogP contribution in [0, 0.1) is 11.2 Å². The molecule has 0 spiro atoms. The summed E-state index contributed by atoms with van der Waals surface area (Å²) in [5.74, 6) is -3.55. The number of benzene rings is 1. The van der Waals surface area contributed by atoms with E-state index < -0.39 is 47.4 Å². The van der Waals surface area contributed by atoms with Crippen molar-refractivity contribution in [2.75, 3.05) is 18.5 Å². The number of nitrogens with one attached hydrogen (secondary N) is 4. The van der Waals surface area contributed by atoms with E-state index in [9.17, 15) is 31.9 Å². The Labute approximate surface area is 218 Å². The summed E-state index contributed by atoms with van der Waals surface area (Å²) in [4.78, 5) is 40.3. The summed E-state index contributed by atoms with van der Waals surface area (Å²) in [6.45, 7) is -0.537. The number of alkyl halides is 3. The average molecular weight is 557 g/mol. The first kappa shape index (κ1) is 28.5. The number of primary amides is 1. The fraction of sp³-hybridized carbons (Fsp3) is 0.261. The van der Waals surface area contributed by atoms with Crippen molar-refractivity contribution in [3.63, 3.8) is 0 Å². The fourth-order valence-electron chi connectivity index (χ4n) is 3.53. The van der Waals surface area contributed by atoms with Crippen LogP contribution < -0.4 is 21.7 Å². The van der Waals surface area contributed by atoms with Crippen LogP contribution in [-0.4, -0.2) is 47.7 Å². The number of anilines is 2. The van der Waals surface area contributed by atoms with Gasteiger partial charge in [0.25, 0.3) is 5.91 Å². The molecule has 0 radical (unpaired) electrons. The Bertz CT molecular complexity index is 1300. The van der Waals surface area contributed by atoms with Crippen molar-refractivity contribution in [2.45, 2.75) is 24.7 Å². The Morgan fingerprint density at radius 1 is 1.26 bits per heavy atom. The lowest BCUT2D eigenvalue weighted by Crippen LogP contribution is -2.59. The van der Waals surface area contributed by atoms with Crippen molar-refractivity contribution in [1.82, 2.24) is 15.6 Å². The van der Waals surface area contributed by atoms with Crippen LogP contribution in [0.15, 0.2) is 42.1 Å². The second-order valence-corrected chi connectivity index (χ2v) is 8.57. The van der Waals surface area contributed by atoms with E-state index in [1.54, 1.807) is 0 Å². The predicted octanol–water partition coefficient (Wildman–Crippen LogP) is 2.59. The molecule has 6 N–H and O–H groups in total. The van der Waals surface area contributed by atoms with Gasteiger partial charge in [-0.2, -0.15) is 13.2 Å². The molecule has 15 heteroatoms. The number of hydrogen-bond donors (Lipinski definition) is 5. The minimum Gasteiger partial charge on any atom is -0.378 e. The molecule has 1 atom stereocenters. The summed E-state index contributed by atoms with van der Waals surface area (Å²) >= 11 is 5.66. The van der Waals surface area contributed by atoms with E-state index in [2.05, 4.69) is 20.9 Å². The number of amides is 3. The number of aromatic nitrogens is 1. The second kappa shape index (κ2) is 11.6. The molecule has 3 rings (SSSR count). The molecule has 0 saturated carbocycles. The van der Waals surface area contributed by atoms with E-state index in [1.165, 1.54) is 6.07 Å². The largest absolute Gasteiger partial charge is 0.418 e. The van der Waals surface area contributed by atoms with Crippen molar-refractivity contribution in [1.29, 1.82) is 5.41 Å². The smallest absolute Gasteiger partial charge is 0.378 e. The van der Waals surface area contributed by atoms with Crippen LogP contribution in [0.1, 0.15) is 17.7 Å². The molecule has 0 unspecified atom stereocenters. The Kier molecular flexibility index (Phi) is 8.68. The Morgan fingerprint density at radius 2 is 2.00 bits per heavy atom. The Balaban J connectivity index is 1.72. The zero-order valence-corrected chi connectivity index (χ0v) is 20.2. The van der Waals surface area contributed by atoms with Crippen molar-refractivity contribution >= 4 is 46.9 Å². The standard InChI is InChI=1S/C23H21ClF4N6O4/c24-13-1-2-17(15(6-13)23(26,27)28)33-14-7-16(25)18(31-9-14)10-32-21(37)22(3-4-38-11-22)34-20(36)12(8-29)5-19(30)35/h1-2,5-9,29,33H,3-4,10-11H2,(H2,30,35)(H,32,37)(H,34,36)/b12-5+,29-8?/t22-/m0/s1. The number of carbonyl (C=O) groups is 3. The van der Waals surface area contributed by atoms with Crippen LogP contribution in [0.2, 0.25) is 5.02 Å². The third-order valence-corrected chi connectivity index (χ3v) is 5.66. The molecule has 2 aromatic rings. The first-order valence-electron chi connectivity index (χ1n) is 10.8. The van der Waals surface area contributed by atoms with Crippen LogP contribution in [0.4, 0.5) is 28.9 Å². The van der Waals surface area contributed by atoms with E-state index in [-0.39, 0.29) is 47.3 Å². The average Bonchev–Trinajstić information content (AvgIpc) is 3.31. The Hall–Kier alpha value is -4.04. The second-order valence-electron chi connectivity index (χ2n) is 8.13. The van der Waals surface area contributed by atoms with Crippen LogP contribution in [-0.2, 0) is 31.8 Å². The number of hydrogen-bond acceptors (Lipinski definition) is 7. The first-order valence-corrected chi connectivity index (χ1v) is 11.2. The molecule has 3 amide bonds.